The Morgan fingerprint density at radius 2 is 0.891 bits per heavy atom. The van der Waals surface area contributed by atoms with Crippen LogP contribution >= 0.6 is 0 Å². The first-order valence-electron chi connectivity index (χ1n) is 15.3. The Balaban J connectivity index is 1.36. The molecule has 46 heavy (non-hydrogen) atoms. The fraction of sp³-hybridized carbons (Fsp3) is 0. The minimum atomic E-state index is 0.600. The lowest BCUT2D eigenvalue weighted by Crippen LogP contribution is -2.00. The highest BCUT2D eigenvalue weighted by Crippen LogP contribution is 2.42. The molecule has 6 aromatic carbocycles. The van der Waals surface area contributed by atoms with Gasteiger partial charge >= 0.3 is 0 Å². The van der Waals surface area contributed by atoms with Crippen LogP contribution < -0.4 is 0 Å². The number of hydrogen-bond donors (Lipinski definition) is 0. The van der Waals surface area contributed by atoms with E-state index in [-0.39, 0.29) is 0 Å². The summed E-state index contributed by atoms with van der Waals surface area (Å²) < 4.78 is 0. The largest absolute Gasteiger partial charge is 0.256 e. The standard InChI is InChI=1S/C41H25N5/c1-4-13-26(14-5-1)37-36-30-19-10-11-20-31(30)38-33(21-12-24-42-38)35(36)32-23-22-29(25-34(32)43-37)41-45-39(27-15-6-2-7-16-27)44-40(46-41)28-17-8-3-9-18-28/h1-25H. The van der Waals surface area contributed by atoms with E-state index in [2.05, 4.69) is 72.8 Å². The monoisotopic (exact) mass is 587 g/mol. The van der Waals surface area contributed by atoms with Gasteiger partial charge in [0.15, 0.2) is 17.5 Å². The van der Waals surface area contributed by atoms with E-state index >= 15 is 0 Å². The predicted octanol–water partition coefficient (Wildman–Crippen LogP) is 9.94. The number of fused-ring (bicyclic) bond motifs is 8. The van der Waals surface area contributed by atoms with E-state index < -0.39 is 0 Å². The van der Waals surface area contributed by atoms with Crippen LogP contribution in [-0.2, 0) is 0 Å². The fourth-order valence-corrected chi connectivity index (χ4v) is 6.42. The van der Waals surface area contributed by atoms with Gasteiger partial charge in [-0.3, -0.25) is 4.98 Å². The molecule has 0 atom stereocenters. The molecule has 5 heteroatoms. The maximum Gasteiger partial charge on any atom is 0.164 e. The minimum Gasteiger partial charge on any atom is -0.256 e. The highest BCUT2D eigenvalue weighted by molar-refractivity contribution is 6.32. The number of aromatic nitrogens is 5. The molecule has 9 aromatic rings. The molecule has 5 nitrogen and oxygen atoms in total. The van der Waals surface area contributed by atoms with Gasteiger partial charge in [0.2, 0.25) is 0 Å². The lowest BCUT2D eigenvalue weighted by Gasteiger charge is -2.16. The van der Waals surface area contributed by atoms with Crippen molar-refractivity contribution in [1.29, 1.82) is 0 Å². The van der Waals surface area contributed by atoms with Crippen molar-refractivity contribution in [2.24, 2.45) is 0 Å². The summed E-state index contributed by atoms with van der Waals surface area (Å²) in [5.74, 6) is 1.86. The van der Waals surface area contributed by atoms with E-state index in [1.165, 1.54) is 0 Å². The third-order valence-electron chi connectivity index (χ3n) is 8.52. The maximum atomic E-state index is 5.39. The second kappa shape index (κ2) is 10.7. The molecule has 0 aliphatic rings. The summed E-state index contributed by atoms with van der Waals surface area (Å²) in [4.78, 5) is 25.1. The zero-order valence-electron chi connectivity index (χ0n) is 24.7. The number of nitrogens with zero attached hydrogens (tertiary/aromatic N) is 5. The quantitative estimate of drug-likeness (QED) is 0.192. The van der Waals surface area contributed by atoms with Crippen molar-refractivity contribution in [3.05, 3.63) is 152 Å². The summed E-state index contributed by atoms with van der Waals surface area (Å²) in [6, 6.07) is 49.6. The lowest BCUT2D eigenvalue weighted by molar-refractivity contribution is 1.07. The molecule has 0 aliphatic heterocycles. The number of rotatable bonds is 4. The normalized spacial score (nSPS) is 11.5. The molecule has 3 aromatic heterocycles. The molecule has 0 fully saturated rings. The molecular formula is C41H25N5. The van der Waals surface area contributed by atoms with Crippen LogP contribution in [0.1, 0.15) is 0 Å². The van der Waals surface area contributed by atoms with Crippen molar-refractivity contribution >= 4 is 43.4 Å². The smallest absolute Gasteiger partial charge is 0.164 e. The number of pyridine rings is 2. The highest BCUT2D eigenvalue weighted by atomic mass is 15.0. The zero-order chi connectivity index (χ0) is 30.5. The van der Waals surface area contributed by atoms with Crippen LogP contribution in [0.15, 0.2) is 152 Å². The van der Waals surface area contributed by atoms with Crippen molar-refractivity contribution in [3.8, 4) is 45.4 Å². The van der Waals surface area contributed by atoms with Crippen LogP contribution in [-0.4, -0.2) is 24.9 Å². The Bertz CT molecular complexity index is 2510. The molecule has 0 unspecified atom stereocenters. The third kappa shape index (κ3) is 4.29. The van der Waals surface area contributed by atoms with E-state index in [9.17, 15) is 0 Å². The van der Waals surface area contributed by atoms with Crippen LogP contribution in [0, 0.1) is 0 Å². The lowest BCUT2D eigenvalue weighted by atomic mass is 9.91. The van der Waals surface area contributed by atoms with Gasteiger partial charge in [0.1, 0.15) is 0 Å². The first kappa shape index (κ1) is 26.1. The predicted molar refractivity (Wildman–Crippen MR) is 187 cm³/mol. The maximum absolute atomic E-state index is 5.39. The van der Waals surface area contributed by atoms with Crippen molar-refractivity contribution < 1.29 is 0 Å². The molecule has 0 saturated heterocycles. The molecule has 0 spiro atoms. The van der Waals surface area contributed by atoms with E-state index in [1.54, 1.807) is 0 Å². The first-order valence-corrected chi connectivity index (χ1v) is 15.3. The minimum absolute atomic E-state index is 0.600. The molecule has 0 bridgehead atoms. The second-order valence-electron chi connectivity index (χ2n) is 11.3. The molecule has 0 amide bonds. The Labute approximate surface area is 264 Å². The van der Waals surface area contributed by atoms with Crippen molar-refractivity contribution in [1.82, 2.24) is 24.9 Å². The Morgan fingerprint density at radius 1 is 0.348 bits per heavy atom. The average molecular weight is 588 g/mol. The number of benzene rings is 6. The summed E-state index contributed by atoms with van der Waals surface area (Å²) in [5.41, 5.74) is 6.60. The summed E-state index contributed by atoms with van der Waals surface area (Å²) in [6.45, 7) is 0. The van der Waals surface area contributed by atoms with Crippen molar-refractivity contribution in [2.75, 3.05) is 0 Å². The van der Waals surface area contributed by atoms with Crippen molar-refractivity contribution in [2.45, 2.75) is 0 Å². The van der Waals surface area contributed by atoms with E-state index in [0.29, 0.717) is 17.5 Å². The first-order chi connectivity index (χ1) is 22.8. The Kier molecular flexibility index (Phi) is 6.06. The van der Waals surface area contributed by atoms with Gasteiger partial charge in [0.25, 0.3) is 0 Å². The van der Waals surface area contributed by atoms with Crippen molar-refractivity contribution in [3.63, 3.8) is 0 Å². The molecule has 3 heterocycles. The topological polar surface area (TPSA) is 64.5 Å². The van der Waals surface area contributed by atoms with Gasteiger partial charge in [-0.05, 0) is 17.5 Å². The third-order valence-corrected chi connectivity index (χ3v) is 8.52. The van der Waals surface area contributed by atoms with Crippen LogP contribution in [0.25, 0.3) is 88.8 Å². The van der Waals surface area contributed by atoms with Gasteiger partial charge in [-0.1, -0.05) is 133 Å². The average Bonchev–Trinajstić information content (AvgIpc) is 3.15. The highest BCUT2D eigenvalue weighted by Gasteiger charge is 2.19. The van der Waals surface area contributed by atoms with Crippen LogP contribution in [0.3, 0.4) is 0 Å². The van der Waals surface area contributed by atoms with E-state index in [4.69, 9.17) is 24.9 Å². The number of hydrogen-bond acceptors (Lipinski definition) is 5. The summed E-state index contributed by atoms with van der Waals surface area (Å²) in [5, 5.41) is 6.68. The molecule has 0 aliphatic carbocycles. The van der Waals surface area contributed by atoms with Gasteiger partial charge < -0.3 is 0 Å². The summed E-state index contributed by atoms with van der Waals surface area (Å²) >= 11 is 0. The van der Waals surface area contributed by atoms with Gasteiger partial charge in [0.05, 0.1) is 16.7 Å². The van der Waals surface area contributed by atoms with Crippen LogP contribution in [0.5, 0.6) is 0 Å². The van der Waals surface area contributed by atoms with Gasteiger partial charge in [-0.2, -0.15) is 0 Å². The molecule has 0 saturated carbocycles. The SMILES string of the molecule is c1ccc(-c2nc(-c3ccccc3)nc(-c3ccc4c(c3)nc(-c3ccccc3)c3c5ccccc5c5ncccc5c43)n2)cc1. The summed E-state index contributed by atoms with van der Waals surface area (Å²) in [6.07, 6.45) is 1.87. The van der Waals surface area contributed by atoms with Gasteiger partial charge in [0, 0.05) is 55.4 Å². The molecule has 9 rings (SSSR count). The fourth-order valence-electron chi connectivity index (χ4n) is 6.42. The van der Waals surface area contributed by atoms with Gasteiger partial charge in [-0.15, -0.1) is 0 Å². The summed E-state index contributed by atoms with van der Waals surface area (Å²) in [7, 11) is 0. The van der Waals surface area contributed by atoms with Crippen LogP contribution in [0.4, 0.5) is 0 Å². The van der Waals surface area contributed by atoms with Gasteiger partial charge in [-0.25, -0.2) is 19.9 Å². The second-order valence-corrected chi connectivity index (χ2v) is 11.3. The molecule has 214 valence electrons. The Hall–Kier alpha value is -6.33. The Morgan fingerprint density at radius 3 is 1.54 bits per heavy atom. The van der Waals surface area contributed by atoms with E-state index in [0.717, 1.165) is 71.3 Å². The molecule has 0 radical (unpaired) electrons. The zero-order valence-corrected chi connectivity index (χ0v) is 24.7. The van der Waals surface area contributed by atoms with E-state index in [1.807, 2.05) is 79.0 Å². The molecular weight excluding hydrogens is 562 g/mol. The molecule has 0 N–H and O–H groups in total. The van der Waals surface area contributed by atoms with Crippen LogP contribution in [0.2, 0.25) is 0 Å².